The molecule has 0 bridgehead atoms. The van der Waals surface area contributed by atoms with E-state index in [-0.39, 0.29) is 24.1 Å². The van der Waals surface area contributed by atoms with Gasteiger partial charge in [-0.15, -0.1) is 0 Å². The summed E-state index contributed by atoms with van der Waals surface area (Å²) in [4.78, 5) is 38.0. The van der Waals surface area contributed by atoms with Gasteiger partial charge in [-0.3, -0.25) is 19.7 Å². The fourth-order valence-electron chi connectivity index (χ4n) is 4.37. The third kappa shape index (κ3) is 3.86. The number of hydrogen-bond donors (Lipinski definition) is 3. The fraction of sp³-hybridized carbons (Fsp3) is 0.348. The Morgan fingerprint density at radius 3 is 2.87 bits per heavy atom. The van der Waals surface area contributed by atoms with E-state index in [0.29, 0.717) is 31.7 Å². The fourth-order valence-corrected chi connectivity index (χ4v) is 4.37. The van der Waals surface area contributed by atoms with E-state index >= 15 is 0 Å². The highest BCUT2D eigenvalue weighted by atomic mass is 16.5. The molecule has 0 radical (unpaired) electrons. The molecule has 0 saturated carbocycles. The molecule has 3 aliphatic heterocycles. The predicted molar refractivity (Wildman–Crippen MR) is 113 cm³/mol. The molecule has 8 heteroatoms. The second-order valence-corrected chi connectivity index (χ2v) is 8.09. The number of rotatable bonds is 4. The Hall–Kier alpha value is -3.39. The zero-order valence-corrected chi connectivity index (χ0v) is 17.1. The Morgan fingerprint density at radius 1 is 1.10 bits per heavy atom. The molecule has 3 N–H and O–H groups in total. The van der Waals surface area contributed by atoms with Gasteiger partial charge in [0.15, 0.2) is 0 Å². The molecule has 31 heavy (non-hydrogen) atoms. The number of hydrogen-bond acceptors (Lipinski definition) is 6. The van der Waals surface area contributed by atoms with E-state index in [9.17, 15) is 14.4 Å². The van der Waals surface area contributed by atoms with Crippen LogP contribution in [0.1, 0.15) is 39.9 Å². The summed E-state index contributed by atoms with van der Waals surface area (Å²) in [6.45, 7) is 3.29. The van der Waals surface area contributed by atoms with Gasteiger partial charge in [0.2, 0.25) is 11.8 Å². The lowest BCUT2D eigenvalue weighted by Gasteiger charge is -2.29. The molecule has 1 atom stereocenters. The minimum atomic E-state index is -0.588. The minimum Gasteiger partial charge on any atom is -0.492 e. The monoisotopic (exact) mass is 420 g/mol. The second-order valence-electron chi connectivity index (χ2n) is 8.09. The van der Waals surface area contributed by atoms with Gasteiger partial charge in [0.25, 0.3) is 5.91 Å². The lowest BCUT2D eigenvalue weighted by atomic mass is 10.0. The van der Waals surface area contributed by atoms with Gasteiger partial charge in [-0.1, -0.05) is 12.1 Å². The van der Waals surface area contributed by atoms with Crippen LogP contribution in [0.4, 0.5) is 5.69 Å². The Morgan fingerprint density at radius 2 is 2.00 bits per heavy atom. The number of benzene rings is 2. The molecular formula is C23H24N4O4. The normalized spacial score (nSPS) is 20.5. The molecule has 0 aromatic heterocycles. The first-order valence-electron chi connectivity index (χ1n) is 10.6. The Bertz CT molecular complexity index is 1070. The molecule has 3 amide bonds. The second kappa shape index (κ2) is 8.03. The van der Waals surface area contributed by atoms with E-state index in [1.807, 2.05) is 30.3 Å². The summed E-state index contributed by atoms with van der Waals surface area (Å²) in [7, 11) is 0. The number of fused-ring (bicyclic) bond motifs is 2. The highest BCUT2D eigenvalue weighted by molar-refractivity contribution is 6.05. The standard InChI is InChI=1S/C23H24N4O4/c28-21-6-4-19(22(29)26-21)27-13-16-9-14(1-3-18(16)23(27)30)11-25-17-2-5-20-15(10-17)12-24-7-8-31-20/h1-3,5,9-10,19,24-25H,4,6-8,11-13H2,(H,26,28,29). The Labute approximate surface area is 179 Å². The van der Waals surface area contributed by atoms with Crippen LogP contribution in [0, 0.1) is 0 Å². The summed E-state index contributed by atoms with van der Waals surface area (Å²) in [6, 6.07) is 11.3. The number of ether oxygens (including phenoxy) is 1. The van der Waals surface area contributed by atoms with Crippen molar-refractivity contribution in [1.82, 2.24) is 15.5 Å². The zero-order valence-electron chi connectivity index (χ0n) is 17.1. The smallest absolute Gasteiger partial charge is 0.255 e. The topological polar surface area (TPSA) is 99.8 Å². The average Bonchev–Trinajstić information content (AvgIpc) is 2.93. The van der Waals surface area contributed by atoms with Crippen LogP contribution in [0.5, 0.6) is 5.75 Å². The molecule has 1 unspecified atom stereocenters. The maximum atomic E-state index is 12.8. The van der Waals surface area contributed by atoms with Crippen LogP contribution in [0.2, 0.25) is 0 Å². The molecule has 0 aliphatic carbocycles. The summed E-state index contributed by atoms with van der Waals surface area (Å²) >= 11 is 0. The number of nitrogens with zero attached hydrogens (tertiary/aromatic N) is 1. The van der Waals surface area contributed by atoms with Crippen LogP contribution in [-0.2, 0) is 29.2 Å². The first-order valence-corrected chi connectivity index (χ1v) is 10.6. The van der Waals surface area contributed by atoms with E-state index in [0.717, 1.165) is 41.2 Å². The van der Waals surface area contributed by atoms with Crippen molar-refractivity contribution < 1.29 is 19.1 Å². The van der Waals surface area contributed by atoms with Gasteiger partial charge >= 0.3 is 0 Å². The van der Waals surface area contributed by atoms with Crippen molar-refractivity contribution in [3.05, 3.63) is 58.7 Å². The largest absolute Gasteiger partial charge is 0.492 e. The van der Waals surface area contributed by atoms with Gasteiger partial charge in [-0.05, 0) is 41.8 Å². The van der Waals surface area contributed by atoms with E-state index < -0.39 is 6.04 Å². The SMILES string of the molecule is O=C1CCC(N2Cc3cc(CNc4ccc5c(c4)CNCCO5)ccc3C2=O)C(=O)N1. The van der Waals surface area contributed by atoms with Crippen molar-refractivity contribution in [3.63, 3.8) is 0 Å². The Kier molecular flexibility index (Phi) is 5.07. The summed E-state index contributed by atoms with van der Waals surface area (Å²) in [5.41, 5.74) is 4.73. The molecule has 1 saturated heterocycles. The molecule has 3 heterocycles. The number of carbonyl (C=O) groups excluding carboxylic acids is 3. The third-order valence-corrected chi connectivity index (χ3v) is 6.00. The number of nitrogens with one attached hydrogen (secondary N) is 3. The van der Waals surface area contributed by atoms with Crippen molar-refractivity contribution >= 4 is 23.4 Å². The maximum absolute atomic E-state index is 12.8. The van der Waals surface area contributed by atoms with Gasteiger partial charge in [-0.2, -0.15) is 0 Å². The maximum Gasteiger partial charge on any atom is 0.255 e. The van der Waals surface area contributed by atoms with E-state index in [2.05, 4.69) is 22.0 Å². The number of piperidine rings is 1. The van der Waals surface area contributed by atoms with Crippen LogP contribution in [0.25, 0.3) is 0 Å². The quantitative estimate of drug-likeness (QED) is 0.649. The summed E-state index contributed by atoms with van der Waals surface area (Å²) in [5, 5.41) is 9.11. The van der Waals surface area contributed by atoms with Crippen molar-refractivity contribution in [1.29, 1.82) is 0 Å². The van der Waals surface area contributed by atoms with Crippen LogP contribution in [0.3, 0.4) is 0 Å². The van der Waals surface area contributed by atoms with Gasteiger partial charge in [0, 0.05) is 49.4 Å². The summed E-state index contributed by atoms with van der Waals surface area (Å²) in [6.07, 6.45) is 0.628. The van der Waals surface area contributed by atoms with E-state index in [1.54, 1.807) is 4.90 Å². The van der Waals surface area contributed by atoms with Crippen LogP contribution in [-0.4, -0.2) is 41.8 Å². The van der Waals surface area contributed by atoms with Gasteiger partial charge in [-0.25, -0.2) is 0 Å². The van der Waals surface area contributed by atoms with Crippen molar-refractivity contribution in [2.24, 2.45) is 0 Å². The summed E-state index contributed by atoms with van der Waals surface area (Å²) in [5.74, 6) is 0.0993. The average molecular weight is 420 g/mol. The number of amides is 3. The minimum absolute atomic E-state index is 0.151. The highest BCUT2D eigenvalue weighted by Gasteiger charge is 2.39. The molecular weight excluding hydrogens is 396 g/mol. The molecule has 8 nitrogen and oxygen atoms in total. The van der Waals surface area contributed by atoms with Crippen molar-refractivity contribution in [3.8, 4) is 5.75 Å². The van der Waals surface area contributed by atoms with Gasteiger partial charge in [0.1, 0.15) is 18.4 Å². The number of carbonyl (C=O) groups is 3. The van der Waals surface area contributed by atoms with Crippen molar-refractivity contribution in [2.45, 2.75) is 38.5 Å². The predicted octanol–water partition coefficient (Wildman–Crippen LogP) is 1.54. The molecule has 2 aromatic carbocycles. The molecule has 1 fully saturated rings. The summed E-state index contributed by atoms with van der Waals surface area (Å²) < 4.78 is 5.73. The van der Waals surface area contributed by atoms with Gasteiger partial charge < -0.3 is 20.3 Å². The molecule has 0 spiro atoms. The Balaban J connectivity index is 1.27. The van der Waals surface area contributed by atoms with Crippen molar-refractivity contribution in [2.75, 3.05) is 18.5 Å². The van der Waals surface area contributed by atoms with Crippen LogP contribution >= 0.6 is 0 Å². The number of anilines is 1. The molecule has 160 valence electrons. The lowest BCUT2D eigenvalue weighted by molar-refractivity contribution is -0.136. The first-order chi connectivity index (χ1) is 15.1. The number of imide groups is 1. The van der Waals surface area contributed by atoms with E-state index in [1.165, 1.54) is 0 Å². The third-order valence-electron chi connectivity index (χ3n) is 6.00. The first kappa shape index (κ1) is 19.6. The van der Waals surface area contributed by atoms with E-state index in [4.69, 9.17) is 4.74 Å². The lowest BCUT2D eigenvalue weighted by Crippen LogP contribution is -2.52. The molecule has 5 rings (SSSR count). The molecule has 2 aromatic rings. The highest BCUT2D eigenvalue weighted by Crippen LogP contribution is 2.29. The zero-order chi connectivity index (χ0) is 21.4. The van der Waals surface area contributed by atoms with Crippen LogP contribution in [0.15, 0.2) is 36.4 Å². The van der Waals surface area contributed by atoms with Gasteiger partial charge in [0.05, 0.1) is 0 Å². The molecule has 3 aliphatic rings. The van der Waals surface area contributed by atoms with Crippen LogP contribution < -0.4 is 20.7 Å².